The normalized spacial score (nSPS) is 15.9. The number of aromatic nitrogens is 1. The molecule has 7 nitrogen and oxygen atoms in total. The molecule has 0 bridgehead atoms. The second-order valence-electron chi connectivity index (χ2n) is 9.24. The van der Waals surface area contributed by atoms with Gasteiger partial charge in [-0.3, -0.25) is 4.90 Å². The lowest BCUT2D eigenvalue weighted by molar-refractivity contribution is 0.00146. The van der Waals surface area contributed by atoms with Crippen molar-refractivity contribution >= 4 is 5.88 Å². The molecular formula is C28H36FN3O4. The first-order valence-electron chi connectivity index (χ1n) is 12.7. The Kier molecular flexibility index (Phi) is 9.47. The van der Waals surface area contributed by atoms with Gasteiger partial charge in [0, 0.05) is 37.8 Å². The summed E-state index contributed by atoms with van der Waals surface area (Å²) in [6, 6.07) is 16.7. The van der Waals surface area contributed by atoms with Gasteiger partial charge in [-0.25, -0.2) is 4.39 Å². The number of ether oxygens (including phenoxy) is 2. The van der Waals surface area contributed by atoms with E-state index >= 15 is 0 Å². The van der Waals surface area contributed by atoms with Crippen molar-refractivity contribution in [2.24, 2.45) is 0 Å². The van der Waals surface area contributed by atoms with Gasteiger partial charge in [-0.2, -0.15) is 0 Å². The summed E-state index contributed by atoms with van der Waals surface area (Å²) in [5.41, 5.74) is 2.79. The van der Waals surface area contributed by atoms with Gasteiger partial charge in [0.05, 0.1) is 38.1 Å². The van der Waals surface area contributed by atoms with Crippen LogP contribution in [-0.2, 0) is 22.6 Å². The van der Waals surface area contributed by atoms with E-state index in [9.17, 15) is 9.50 Å². The lowest BCUT2D eigenvalue weighted by Crippen LogP contribution is -2.41. The van der Waals surface area contributed by atoms with Gasteiger partial charge in [-0.05, 0) is 31.0 Å². The van der Waals surface area contributed by atoms with Gasteiger partial charge in [0.15, 0.2) is 0 Å². The zero-order valence-corrected chi connectivity index (χ0v) is 21.1. The Hall–Kier alpha value is -2.78. The van der Waals surface area contributed by atoms with Crippen LogP contribution in [0.1, 0.15) is 31.4 Å². The van der Waals surface area contributed by atoms with Crippen molar-refractivity contribution in [3.8, 4) is 11.3 Å². The highest BCUT2D eigenvalue weighted by Gasteiger charge is 2.28. The molecule has 3 aromatic rings. The summed E-state index contributed by atoms with van der Waals surface area (Å²) in [6.45, 7) is 8.35. The monoisotopic (exact) mass is 497 g/mol. The molecule has 0 spiro atoms. The average molecular weight is 498 g/mol. The van der Waals surface area contributed by atoms with Crippen molar-refractivity contribution in [1.82, 2.24) is 10.1 Å². The highest BCUT2D eigenvalue weighted by molar-refractivity contribution is 5.69. The van der Waals surface area contributed by atoms with E-state index in [-0.39, 0.29) is 18.5 Å². The molecule has 1 N–H and O–H groups in total. The Morgan fingerprint density at radius 1 is 1.11 bits per heavy atom. The van der Waals surface area contributed by atoms with Crippen LogP contribution in [0.2, 0.25) is 0 Å². The van der Waals surface area contributed by atoms with Gasteiger partial charge in [0.1, 0.15) is 11.5 Å². The van der Waals surface area contributed by atoms with Gasteiger partial charge in [-0.1, -0.05) is 54.5 Å². The van der Waals surface area contributed by atoms with E-state index in [0.29, 0.717) is 63.1 Å². The van der Waals surface area contributed by atoms with Crippen LogP contribution in [0.4, 0.5) is 10.3 Å². The summed E-state index contributed by atoms with van der Waals surface area (Å²) < 4.78 is 31.9. The first kappa shape index (κ1) is 26.3. The van der Waals surface area contributed by atoms with Crippen molar-refractivity contribution < 1.29 is 23.5 Å². The Morgan fingerprint density at radius 3 is 2.56 bits per heavy atom. The minimum absolute atomic E-state index is 0.176. The SMILES string of the molecule is CCC(C)N(Cc1c(-c2ccccc2F)noc1N1CCOCC1)CC(O)COCc1ccccc1. The molecule has 0 saturated carbocycles. The van der Waals surface area contributed by atoms with Crippen molar-refractivity contribution in [2.45, 2.75) is 45.6 Å². The molecule has 1 aliphatic rings. The predicted octanol–water partition coefficient (Wildman–Crippen LogP) is 4.50. The molecular weight excluding hydrogens is 461 g/mol. The number of aliphatic hydroxyl groups excluding tert-OH is 1. The van der Waals surface area contributed by atoms with E-state index in [0.717, 1.165) is 17.5 Å². The number of benzene rings is 2. The van der Waals surface area contributed by atoms with Crippen LogP contribution in [0.3, 0.4) is 0 Å². The molecule has 1 fully saturated rings. The number of hydrogen-bond donors (Lipinski definition) is 1. The van der Waals surface area contributed by atoms with E-state index in [1.807, 2.05) is 30.3 Å². The smallest absolute Gasteiger partial charge is 0.232 e. The average Bonchev–Trinajstić information content (AvgIpc) is 3.32. The number of hydrogen-bond acceptors (Lipinski definition) is 7. The summed E-state index contributed by atoms with van der Waals surface area (Å²) in [6.07, 6.45) is 0.219. The largest absolute Gasteiger partial charge is 0.389 e. The molecule has 0 amide bonds. The third-order valence-electron chi connectivity index (χ3n) is 6.64. The summed E-state index contributed by atoms with van der Waals surface area (Å²) >= 11 is 0. The van der Waals surface area contributed by atoms with Crippen LogP contribution < -0.4 is 4.90 Å². The standard InChI is InChI=1S/C28H36FN3O4/c1-3-21(2)32(17-23(33)20-35-19-22-9-5-4-6-10-22)18-25-27(24-11-7-8-12-26(24)29)30-36-28(25)31-13-15-34-16-14-31/h4-12,21,23,33H,3,13-20H2,1-2H3. The zero-order valence-electron chi connectivity index (χ0n) is 21.1. The maximum atomic E-state index is 14.8. The van der Waals surface area contributed by atoms with E-state index in [1.165, 1.54) is 6.07 Å². The Labute approximate surface area is 212 Å². The van der Waals surface area contributed by atoms with Crippen LogP contribution in [0.5, 0.6) is 0 Å². The molecule has 2 heterocycles. The number of morpholine rings is 1. The van der Waals surface area contributed by atoms with Crippen molar-refractivity contribution in [3.05, 3.63) is 71.5 Å². The molecule has 36 heavy (non-hydrogen) atoms. The minimum Gasteiger partial charge on any atom is -0.389 e. The zero-order chi connectivity index (χ0) is 25.3. The van der Waals surface area contributed by atoms with Crippen LogP contribution in [-0.4, -0.2) is 66.8 Å². The summed E-state index contributed by atoms with van der Waals surface area (Å²) in [4.78, 5) is 4.29. The third kappa shape index (κ3) is 6.70. The summed E-state index contributed by atoms with van der Waals surface area (Å²) in [7, 11) is 0. The number of aliphatic hydroxyl groups is 1. The Balaban J connectivity index is 1.53. The van der Waals surface area contributed by atoms with Crippen molar-refractivity contribution in [3.63, 3.8) is 0 Å². The van der Waals surface area contributed by atoms with Gasteiger partial charge >= 0.3 is 0 Å². The molecule has 0 radical (unpaired) electrons. The number of anilines is 1. The van der Waals surface area contributed by atoms with Crippen molar-refractivity contribution in [2.75, 3.05) is 44.4 Å². The third-order valence-corrected chi connectivity index (χ3v) is 6.64. The molecule has 2 aromatic carbocycles. The predicted molar refractivity (Wildman–Crippen MR) is 137 cm³/mol. The molecule has 2 atom stereocenters. The van der Waals surface area contributed by atoms with Crippen LogP contribution in [0.25, 0.3) is 11.3 Å². The number of rotatable bonds is 12. The molecule has 0 aliphatic carbocycles. The fourth-order valence-electron chi connectivity index (χ4n) is 4.39. The number of halogens is 1. The molecule has 2 unspecified atom stereocenters. The second-order valence-corrected chi connectivity index (χ2v) is 9.24. The fourth-order valence-corrected chi connectivity index (χ4v) is 4.39. The molecule has 1 aliphatic heterocycles. The quantitative estimate of drug-likeness (QED) is 0.395. The summed E-state index contributed by atoms with van der Waals surface area (Å²) in [5.74, 6) is 0.296. The topological polar surface area (TPSA) is 71.2 Å². The van der Waals surface area contributed by atoms with Crippen LogP contribution >= 0.6 is 0 Å². The number of nitrogens with zero attached hydrogens (tertiary/aromatic N) is 3. The van der Waals surface area contributed by atoms with Gasteiger partial charge in [0.25, 0.3) is 0 Å². The minimum atomic E-state index is -0.675. The maximum absolute atomic E-state index is 14.8. The Morgan fingerprint density at radius 2 is 1.83 bits per heavy atom. The first-order chi connectivity index (χ1) is 17.6. The van der Waals surface area contributed by atoms with Crippen LogP contribution in [0, 0.1) is 5.82 Å². The lowest BCUT2D eigenvalue weighted by Gasteiger charge is -2.32. The molecule has 194 valence electrons. The van der Waals surface area contributed by atoms with Gasteiger partial charge in [0.2, 0.25) is 5.88 Å². The van der Waals surface area contributed by atoms with E-state index in [4.69, 9.17) is 14.0 Å². The van der Waals surface area contributed by atoms with Gasteiger partial charge < -0.3 is 24.0 Å². The lowest BCUT2D eigenvalue weighted by atomic mass is 10.0. The van der Waals surface area contributed by atoms with Gasteiger partial charge in [-0.15, -0.1) is 0 Å². The van der Waals surface area contributed by atoms with Crippen LogP contribution in [0.15, 0.2) is 59.1 Å². The highest BCUT2D eigenvalue weighted by atomic mass is 19.1. The molecule has 1 saturated heterocycles. The van der Waals surface area contributed by atoms with E-state index in [1.54, 1.807) is 18.2 Å². The first-order valence-corrected chi connectivity index (χ1v) is 12.7. The van der Waals surface area contributed by atoms with E-state index < -0.39 is 6.10 Å². The van der Waals surface area contributed by atoms with Crippen molar-refractivity contribution in [1.29, 1.82) is 0 Å². The molecule has 4 rings (SSSR count). The Bertz CT molecular complexity index is 1070. The maximum Gasteiger partial charge on any atom is 0.232 e. The molecule has 8 heteroatoms. The summed E-state index contributed by atoms with van der Waals surface area (Å²) in [5, 5.41) is 15.1. The highest BCUT2D eigenvalue weighted by Crippen LogP contribution is 2.34. The second kappa shape index (κ2) is 13.0. The van der Waals surface area contributed by atoms with E-state index in [2.05, 4.69) is 28.8 Å². The fraction of sp³-hybridized carbons (Fsp3) is 0.464. The molecule has 1 aromatic heterocycles.